The van der Waals surface area contributed by atoms with Crippen molar-refractivity contribution in [2.45, 2.75) is 45.7 Å². The van der Waals surface area contributed by atoms with Gasteiger partial charge in [0.25, 0.3) is 5.91 Å². The number of benzene rings is 1. The molecule has 0 atom stereocenters. The summed E-state index contributed by atoms with van der Waals surface area (Å²) in [6, 6.07) is 5.12. The molecule has 0 radical (unpaired) electrons. The van der Waals surface area contributed by atoms with Crippen LogP contribution in [0, 0.1) is 19.7 Å². The predicted molar refractivity (Wildman–Crippen MR) is 100 cm³/mol. The first-order valence-corrected chi connectivity index (χ1v) is 8.92. The minimum atomic E-state index is -0.342. The molecule has 1 aromatic carbocycles. The Hall–Kier alpha value is -2.96. The number of fused-ring (bicyclic) bond motifs is 1. The van der Waals surface area contributed by atoms with Gasteiger partial charge in [0.15, 0.2) is 0 Å². The lowest BCUT2D eigenvalue weighted by molar-refractivity contribution is 0.0950. The van der Waals surface area contributed by atoms with E-state index >= 15 is 0 Å². The van der Waals surface area contributed by atoms with Crippen LogP contribution in [0.15, 0.2) is 28.9 Å². The lowest BCUT2D eigenvalue weighted by Gasteiger charge is -2.13. The number of aryl methyl sites for hydroxylation is 2. The third kappa shape index (κ3) is 3.25. The van der Waals surface area contributed by atoms with E-state index in [1.807, 2.05) is 0 Å². The summed E-state index contributed by atoms with van der Waals surface area (Å²) < 4.78 is 19.8. The van der Waals surface area contributed by atoms with Crippen LogP contribution in [0.2, 0.25) is 0 Å². The fraction of sp³-hybridized carbons (Fsp3) is 0.350. The van der Waals surface area contributed by atoms with Crippen molar-refractivity contribution in [2.75, 3.05) is 5.32 Å². The number of hydrogen-bond donors (Lipinski definition) is 2. The Morgan fingerprint density at radius 1 is 1.30 bits per heavy atom. The van der Waals surface area contributed by atoms with Gasteiger partial charge in [-0.3, -0.25) is 4.79 Å². The van der Waals surface area contributed by atoms with E-state index < -0.39 is 0 Å². The van der Waals surface area contributed by atoms with Gasteiger partial charge < -0.3 is 15.1 Å². The van der Waals surface area contributed by atoms with Gasteiger partial charge in [-0.1, -0.05) is 18.2 Å². The lowest BCUT2D eigenvalue weighted by Crippen LogP contribution is -2.24. The number of rotatable bonds is 5. The van der Waals surface area contributed by atoms with E-state index in [2.05, 4.69) is 27.5 Å². The summed E-state index contributed by atoms with van der Waals surface area (Å²) in [6.45, 7) is 5.61. The Morgan fingerprint density at radius 3 is 2.81 bits per heavy atom. The van der Waals surface area contributed by atoms with Gasteiger partial charge in [-0.25, -0.2) is 14.4 Å². The van der Waals surface area contributed by atoms with E-state index in [1.165, 1.54) is 6.33 Å². The van der Waals surface area contributed by atoms with Crippen LogP contribution in [-0.4, -0.2) is 21.4 Å². The lowest BCUT2D eigenvalue weighted by atomic mass is 10.1. The Labute approximate surface area is 156 Å². The van der Waals surface area contributed by atoms with E-state index in [-0.39, 0.29) is 23.8 Å². The fourth-order valence-corrected chi connectivity index (χ4v) is 3.12. The second kappa shape index (κ2) is 6.33. The molecule has 7 heteroatoms. The summed E-state index contributed by atoms with van der Waals surface area (Å²) >= 11 is 0. The molecule has 0 spiro atoms. The SMILES string of the molecule is Cc1cccc(CNC(=O)c2c(C)oc3ncnc(NC4(C)CC4)c23)c1F. The molecule has 4 rings (SSSR count). The maximum absolute atomic E-state index is 14.2. The van der Waals surface area contributed by atoms with Crippen LogP contribution in [0.4, 0.5) is 10.2 Å². The second-order valence-corrected chi connectivity index (χ2v) is 7.35. The maximum Gasteiger partial charge on any atom is 0.255 e. The van der Waals surface area contributed by atoms with Crippen molar-refractivity contribution in [1.82, 2.24) is 15.3 Å². The zero-order valence-corrected chi connectivity index (χ0v) is 15.5. The van der Waals surface area contributed by atoms with Crippen molar-refractivity contribution in [3.05, 3.63) is 52.8 Å². The summed E-state index contributed by atoms with van der Waals surface area (Å²) in [7, 11) is 0. The molecule has 1 saturated carbocycles. The third-order valence-corrected chi connectivity index (χ3v) is 5.02. The molecule has 1 aliphatic carbocycles. The Morgan fingerprint density at radius 2 is 2.07 bits per heavy atom. The van der Waals surface area contributed by atoms with Crippen molar-refractivity contribution in [1.29, 1.82) is 0 Å². The molecular weight excluding hydrogens is 347 g/mol. The largest absolute Gasteiger partial charge is 0.442 e. The quantitative estimate of drug-likeness (QED) is 0.715. The highest BCUT2D eigenvalue weighted by Gasteiger charge is 2.38. The smallest absolute Gasteiger partial charge is 0.255 e. The van der Waals surface area contributed by atoms with Crippen molar-refractivity contribution in [2.24, 2.45) is 0 Å². The second-order valence-electron chi connectivity index (χ2n) is 7.35. The standard InChI is InChI=1S/C20H21FN4O2/c1-11-5-4-6-13(16(11)21)9-22-18(26)14-12(2)27-19-15(14)17(23-10-24-19)25-20(3)7-8-20/h4-6,10H,7-9H2,1-3H3,(H,22,26)(H,23,24,25). The summed E-state index contributed by atoms with van der Waals surface area (Å²) in [6.07, 6.45) is 3.51. The highest BCUT2D eigenvalue weighted by molar-refractivity contribution is 6.10. The number of halogens is 1. The van der Waals surface area contributed by atoms with Gasteiger partial charge in [0, 0.05) is 17.6 Å². The van der Waals surface area contributed by atoms with Gasteiger partial charge in [-0.15, -0.1) is 0 Å². The Bertz CT molecular complexity index is 1040. The number of nitrogens with one attached hydrogen (secondary N) is 2. The molecule has 27 heavy (non-hydrogen) atoms. The first-order chi connectivity index (χ1) is 12.9. The van der Waals surface area contributed by atoms with Gasteiger partial charge >= 0.3 is 0 Å². The number of carbonyl (C=O) groups is 1. The van der Waals surface area contributed by atoms with Gasteiger partial charge in [-0.2, -0.15) is 0 Å². The predicted octanol–water partition coefficient (Wildman–Crippen LogP) is 3.87. The first kappa shape index (κ1) is 17.5. The highest BCUT2D eigenvalue weighted by Crippen LogP contribution is 2.40. The number of hydrogen-bond acceptors (Lipinski definition) is 5. The van der Waals surface area contributed by atoms with E-state index in [4.69, 9.17) is 4.42 Å². The van der Waals surface area contributed by atoms with Gasteiger partial charge in [-0.05, 0) is 39.2 Å². The molecule has 0 bridgehead atoms. The highest BCUT2D eigenvalue weighted by atomic mass is 19.1. The average Bonchev–Trinajstić information content (AvgIpc) is 3.24. The summed E-state index contributed by atoms with van der Waals surface area (Å²) in [5, 5.41) is 6.73. The molecule has 2 N–H and O–H groups in total. The van der Waals surface area contributed by atoms with Gasteiger partial charge in [0.2, 0.25) is 5.71 Å². The number of anilines is 1. The molecular formula is C20H21FN4O2. The molecule has 2 heterocycles. The topological polar surface area (TPSA) is 80.1 Å². The van der Waals surface area contributed by atoms with E-state index in [0.29, 0.717) is 39.4 Å². The molecule has 2 aromatic heterocycles. The zero-order chi connectivity index (χ0) is 19.2. The Kier molecular flexibility index (Phi) is 4.09. The first-order valence-electron chi connectivity index (χ1n) is 8.92. The van der Waals surface area contributed by atoms with Crippen molar-refractivity contribution in [3.63, 3.8) is 0 Å². The van der Waals surface area contributed by atoms with Crippen LogP contribution < -0.4 is 10.6 Å². The average molecular weight is 368 g/mol. The fourth-order valence-electron chi connectivity index (χ4n) is 3.12. The number of nitrogens with zero attached hydrogens (tertiary/aromatic N) is 2. The number of furan rings is 1. The molecule has 140 valence electrons. The molecule has 3 aromatic rings. The van der Waals surface area contributed by atoms with Crippen LogP contribution in [0.5, 0.6) is 0 Å². The molecule has 1 fully saturated rings. The monoisotopic (exact) mass is 368 g/mol. The zero-order valence-electron chi connectivity index (χ0n) is 15.5. The van der Waals surface area contributed by atoms with Crippen LogP contribution in [0.1, 0.15) is 47.0 Å². The maximum atomic E-state index is 14.2. The van der Waals surface area contributed by atoms with Crippen molar-refractivity contribution < 1.29 is 13.6 Å². The van der Waals surface area contributed by atoms with E-state index in [0.717, 1.165) is 12.8 Å². The van der Waals surface area contributed by atoms with Crippen LogP contribution in [0.25, 0.3) is 11.1 Å². The molecule has 0 aliphatic heterocycles. The molecule has 1 aliphatic rings. The van der Waals surface area contributed by atoms with Crippen LogP contribution in [-0.2, 0) is 6.54 Å². The van der Waals surface area contributed by atoms with Gasteiger partial charge in [0.05, 0.1) is 10.9 Å². The minimum Gasteiger partial charge on any atom is -0.442 e. The summed E-state index contributed by atoms with van der Waals surface area (Å²) in [5.74, 6) is 0.394. The van der Waals surface area contributed by atoms with E-state index in [1.54, 1.807) is 32.0 Å². The third-order valence-electron chi connectivity index (χ3n) is 5.02. The van der Waals surface area contributed by atoms with Crippen molar-refractivity contribution in [3.8, 4) is 0 Å². The van der Waals surface area contributed by atoms with Crippen LogP contribution in [0.3, 0.4) is 0 Å². The molecule has 6 nitrogen and oxygen atoms in total. The van der Waals surface area contributed by atoms with E-state index in [9.17, 15) is 9.18 Å². The van der Waals surface area contributed by atoms with Crippen molar-refractivity contribution >= 4 is 22.8 Å². The minimum absolute atomic E-state index is 0.00903. The number of aromatic nitrogens is 2. The Balaban J connectivity index is 1.65. The molecule has 1 amide bonds. The normalized spacial score (nSPS) is 15.0. The molecule has 0 saturated heterocycles. The summed E-state index contributed by atoms with van der Waals surface area (Å²) in [4.78, 5) is 21.3. The number of carbonyl (C=O) groups excluding carboxylic acids is 1. The summed E-state index contributed by atoms with van der Waals surface area (Å²) in [5.41, 5.74) is 1.72. The number of amides is 1. The van der Waals surface area contributed by atoms with Crippen LogP contribution >= 0.6 is 0 Å². The van der Waals surface area contributed by atoms with Gasteiger partial charge in [0.1, 0.15) is 23.7 Å². The molecule has 0 unspecified atom stereocenters.